The van der Waals surface area contributed by atoms with Gasteiger partial charge in [0.1, 0.15) is 5.82 Å². The largest absolute Gasteiger partial charge is 0.367 e. The van der Waals surface area contributed by atoms with E-state index in [4.69, 9.17) is 0 Å². The fourth-order valence-electron chi connectivity index (χ4n) is 1.88. The van der Waals surface area contributed by atoms with Gasteiger partial charge in [0, 0.05) is 24.3 Å². The second-order valence-corrected chi connectivity index (χ2v) is 4.41. The van der Waals surface area contributed by atoms with Gasteiger partial charge in [-0.25, -0.2) is 4.98 Å². The zero-order valence-corrected chi connectivity index (χ0v) is 10.2. The molecule has 88 valence electrons. The Labute approximate surface area is 96.9 Å². The van der Waals surface area contributed by atoms with Crippen LogP contribution in [0, 0.1) is 12.8 Å². The predicted octanol–water partition coefficient (Wildman–Crippen LogP) is 2.43. The molecule has 0 spiro atoms. The van der Waals surface area contributed by atoms with E-state index >= 15 is 0 Å². The van der Waals surface area contributed by atoms with Crippen LogP contribution in [0.3, 0.4) is 0 Å². The van der Waals surface area contributed by atoms with Crippen molar-refractivity contribution >= 4 is 11.8 Å². The summed E-state index contributed by atoms with van der Waals surface area (Å²) in [4.78, 5) is 8.71. The molecule has 4 nitrogen and oxygen atoms in total. The minimum Gasteiger partial charge on any atom is -0.367 e. The van der Waals surface area contributed by atoms with Crippen molar-refractivity contribution < 1.29 is 0 Å². The minimum atomic E-state index is 0.619. The van der Waals surface area contributed by atoms with Crippen LogP contribution in [0.2, 0.25) is 0 Å². The molecule has 1 aliphatic rings. The molecule has 0 aromatic carbocycles. The van der Waals surface area contributed by atoms with Crippen molar-refractivity contribution in [3.63, 3.8) is 0 Å². The molecule has 1 aromatic heterocycles. The Balaban J connectivity index is 2.04. The van der Waals surface area contributed by atoms with Crippen molar-refractivity contribution in [2.45, 2.75) is 39.7 Å². The van der Waals surface area contributed by atoms with E-state index in [1.54, 1.807) is 0 Å². The van der Waals surface area contributed by atoms with Gasteiger partial charge in [0.25, 0.3) is 0 Å². The maximum absolute atomic E-state index is 4.48. The Kier molecular flexibility index (Phi) is 3.27. The summed E-state index contributed by atoms with van der Waals surface area (Å²) in [7, 11) is 0. The molecular weight excluding hydrogens is 200 g/mol. The van der Waals surface area contributed by atoms with E-state index in [9.17, 15) is 0 Å². The van der Waals surface area contributed by atoms with Crippen molar-refractivity contribution in [2.75, 3.05) is 17.2 Å². The van der Waals surface area contributed by atoms with Crippen LogP contribution in [0.25, 0.3) is 0 Å². The van der Waals surface area contributed by atoms with Crippen molar-refractivity contribution in [2.24, 2.45) is 5.92 Å². The molecule has 1 saturated carbocycles. The van der Waals surface area contributed by atoms with Gasteiger partial charge in [-0.15, -0.1) is 0 Å². The normalized spacial score (nSPS) is 22.9. The quantitative estimate of drug-likeness (QED) is 0.800. The molecule has 2 atom stereocenters. The van der Waals surface area contributed by atoms with Gasteiger partial charge in [0.05, 0.1) is 0 Å². The SMILES string of the molecule is CCNc1ncc(C)c(NC2CC2CC)n1. The van der Waals surface area contributed by atoms with Gasteiger partial charge >= 0.3 is 0 Å². The van der Waals surface area contributed by atoms with Gasteiger partial charge in [-0.1, -0.05) is 13.3 Å². The molecule has 0 radical (unpaired) electrons. The third kappa shape index (κ3) is 2.43. The molecule has 1 aromatic rings. The third-order valence-corrected chi connectivity index (χ3v) is 3.08. The van der Waals surface area contributed by atoms with Crippen LogP contribution in [0.15, 0.2) is 6.20 Å². The first-order valence-corrected chi connectivity index (χ1v) is 6.08. The lowest BCUT2D eigenvalue weighted by Crippen LogP contribution is -2.10. The zero-order chi connectivity index (χ0) is 11.5. The Morgan fingerprint density at radius 2 is 2.25 bits per heavy atom. The van der Waals surface area contributed by atoms with Crippen LogP contribution in [-0.2, 0) is 0 Å². The van der Waals surface area contributed by atoms with Crippen LogP contribution >= 0.6 is 0 Å². The van der Waals surface area contributed by atoms with E-state index in [0.717, 1.165) is 23.8 Å². The predicted molar refractivity (Wildman–Crippen MR) is 66.7 cm³/mol. The molecule has 2 rings (SSSR count). The summed E-state index contributed by atoms with van der Waals surface area (Å²) >= 11 is 0. The Bertz CT molecular complexity index is 364. The summed E-state index contributed by atoms with van der Waals surface area (Å²) < 4.78 is 0. The number of aryl methyl sites for hydroxylation is 1. The van der Waals surface area contributed by atoms with E-state index in [1.807, 2.05) is 20.0 Å². The van der Waals surface area contributed by atoms with Crippen molar-refractivity contribution in [1.29, 1.82) is 0 Å². The molecule has 1 heterocycles. The molecule has 0 bridgehead atoms. The number of nitrogens with one attached hydrogen (secondary N) is 2. The zero-order valence-electron chi connectivity index (χ0n) is 10.2. The molecule has 1 aliphatic carbocycles. The second-order valence-electron chi connectivity index (χ2n) is 4.41. The molecule has 0 aliphatic heterocycles. The number of rotatable bonds is 5. The topological polar surface area (TPSA) is 49.8 Å². The van der Waals surface area contributed by atoms with Gasteiger partial charge < -0.3 is 10.6 Å². The smallest absolute Gasteiger partial charge is 0.224 e. The van der Waals surface area contributed by atoms with E-state index in [0.29, 0.717) is 12.0 Å². The highest BCUT2D eigenvalue weighted by molar-refractivity contribution is 5.48. The fourth-order valence-corrected chi connectivity index (χ4v) is 1.88. The van der Waals surface area contributed by atoms with Crippen molar-refractivity contribution in [1.82, 2.24) is 9.97 Å². The Morgan fingerprint density at radius 3 is 2.88 bits per heavy atom. The molecule has 0 amide bonds. The second kappa shape index (κ2) is 4.68. The molecule has 4 heteroatoms. The van der Waals surface area contributed by atoms with E-state index in [2.05, 4.69) is 27.5 Å². The lowest BCUT2D eigenvalue weighted by atomic mass is 10.3. The maximum Gasteiger partial charge on any atom is 0.224 e. The number of hydrogen-bond acceptors (Lipinski definition) is 4. The van der Waals surface area contributed by atoms with Gasteiger partial charge in [-0.3, -0.25) is 0 Å². The monoisotopic (exact) mass is 220 g/mol. The van der Waals surface area contributed by atoms with Gasteiger partial charge in [0.2, 0.25) is 5.95 Å². The fraction of sp³-hybridized carbons (Fsp3) is 0.667. The van der Waals surface area contributed by atoms with Gasteiger partial charge in [0.15, 0.2) is 0 Å². The Hall–Kier alpha value is -1.32. The molecular formula is C12H20N4. The van der Waals surface area contributed by atoms with Gasteiger partial charge in [-0.05, 0) is 26.2 Å². The summed E-state index contributed by atoms with van der Waals surface area (Å²) in [5.41, 5.74) is 1.11. The lowest BCUT2D eigenvalue weighted by molar-refractivity contribution is 0.772. The molecule has 2 N–H and O–H groups in total. The lowest BCUT2D eigenvalue weighted by Gasteiger charge is -2.09. The first kappa shape index (κ1) is 11.2. The van der Waals surface area contributed by atoms with E-state index in [1.165, 1.54) is 12.8 Å². The van der Waals surface area contributed by atoms with Gasteiger partial charge in [-0.2, -0.15) is 4.98 Å². The maximum atomic E-state index is 4.48. The number of anilines is 2. The highest BCUT2D eigenvalue weighted by Gasteiger charge is 2.35. The highest BCUT2D eigenvalue weighted by atomic mass is 15.2. The highest BCUT2D eigenvalue weighted by Crippen LogP contribution is 2.36. The molecule has 16 heavy (non-hydrogen) atoms. The summed E-state index contributed by atoms with van der Waals surface area (Å²) in [6.07, 6.45) is 4.40. The Morgan fingerprint density at radius 1 is 1.44 bits per heavy atom. The van der Waals surface area contributed by atoms with Crippen molar-refractivity contribution in [3.05, 3.63) is 11.8 Å². The summed E-state index contributed by atoms with van der Waals surface area (Å²) in [5, 5.41) is 6.62. The van der Waals surface area contributed by atoms with E-state index < -0.39 is 0 Å². The summed E-state index contributed by atoms with van der Waals surface area (Å²) in [5.74, 6) is 2.52. The van der Waals surface area contributed by atoms with E-state index in [-0.39, 0.29) is 0 Å². The summed E-state index contributed by atoms with van der Waals surface area (Å²) in [6.45, 7) is 7.18. The first-order valence-electron chi connectivity index (χ1n) is 6.08. The summed E-state index contributed by atoms with van der Waals surface area (Å²) in [6, 6.07) is 0.619. The third-order valence-electron chi connectivity index (χ3n) is 3.08. The van der Waals surface area contributed by atoms with Crippen LogP contribution < -0.4 is 10.6 Å². The number of hydrogen-bond donors (Lipinski definition) is 2. The van der Waals surface area contributed by atoms with Crippen LogP contribution in [0.5, 0.6) is 0 Å². The number of nitrogens with zero attached hydrogens (tertiary/aromatic N) is 2. The molecule has 0 saturated heterocycles. The minimum absolute atomic E-state index is 0.619. The molecule has 2 unspecified atom stereocenters. The average Bonchev–Trinajstić information content (AvgIpc) is 3.02. The van der Waals surface area contributed by atoms with Crippen LogP contribution in [0.1, 0.15) is 32.3 Å². The number of aromatic nitrogens is 2. The van der Waals surface area contributed by atoms with Crippen molar-refractivity contribution in [3.8, 4) is 0 Å². The standard InChI is InChI=1S/C12H20N4/c1-4-9-6-10(9)15-11-8(3)7-14-12(16-11)13-5-2/h7,9-10H,4-6H2,1-3H3,(H2,13,14,15,16). The molecule has 1 fully saturated rings. The van der Waals surface area contributed by atoms with Crippen LogP contribution in [0.4, 0.5) is 11.8 Å². The van der Waals surface area contributed by atoms with Crippen LogP contribution in [-0.4, -0.2) is 22.6 Å². The first-order chi connectivity index (χ1) is 7.74. The average molecular weight is 220 g/mol.